The number of hydrogen-bond donors (Lipinski definition) is 1. The van der Waals surface area contributed by atoms with Crippen LogP contribution in [0.2, 0.25) is 0 Å². The van der Waals surface area contributed by atoms with E-state index in [-0.39, 0.29) is 36.6 Å². The minimum Gasteiger partial charge on any atom is -0.358 e. The molecule has 0 aromatic heterocycles. The molecular weight excluding hydrogens is 503 g/mol. The van der Waals surface area contributed by atoms with E-state index in [1.165, 1.54) is 0 Å². The van der Waals surface area contributed by atoms with Crippen LogP contribution in [0.3, 0.4) is 0 Å². The molecule has 28 heavy (non-hydrogen) atoms. The van der Waals surface area contributed by atoms with Gasteiger partial charge in [0.1, 0.15) is 36.6 Å². The third-order valence-electron chi connectivity index (χ3n) is 4.21. The van der Waals surface area contributed by atoms with Crippen LogP contribution in [-0.4, -0.2) is 80.0 Å². The molecule has 0 radical (unpaired) electrons. The van der Waals surface area contributed by atoms with Gasteiger partial charge in [-0.2, -0.15) is 0 Å². The summed E-state index contributed by atoms with van der Waals surface area (Å²) in [4.78, 5) is 3.99. The summed E-state index contributed by atoms with van der Waals surface area (Å²) in [5.74, 6) is 0. The van der Waals surface area contributed by atoms with E-state index in [0.717, 1.165) is 13.1 Å². The second kappa shape index (κ2) is 16.8. The van der Waals surface area contributed by atoms with E-state index in [9.17, 15) is 0 Å². The zero-order chi connectivity index (χ0) is 20.9. The van der Waals surface area contributed by atoms with Gasteiger partial charge in [-0.3, -0.25) is 4.99 Å². The highest BCUT2D eigenvalue weighted by Gasteiger charge is 2.32. The van der Waals surface area contributed by atoms with E-state index in [4.69, 9.17) is 38.9 Å². The summed E-state index contributed by atoms with van der Waals surface area (Å²) in [6.07, 6.45) is 2.35. The molecule has 1 N–H and O–H groups in total. The van der Waals surface area contributed by atoms with Gasteiger partial charge in [0.15, 0.2) is 0 Å². The first-order chi connectivity index (χ1) is 13.5. The largest absolute Gasteiger partial charge is 0.358 e. The summed E-state index contributed by atoms with van der Waals surface area (Å²) in [5, 5.41) is 3.15. The Morgan fingerprint density at radius 2 is 1.21 bits per heavy atom. The third kappa shape index (κ3) is 9.79. The minimum atomic E-state index is 0.00694. The molecule has 0 spiro atoms. The fourth-order valence-corrected chi connectivity index (χ4v) is 4.40. The average Bonchev–Trinajstić information content (AvgIpc) is 3.46. The topological polar surface area (TPSA) is 83.0 Å². The van der Waals surface area contributed by atoms with Crippen molar-refractivity contribution in [3.05, 3.63) is 0 Å². The Morgan fingerprint density at radius 1 is 0.750 bits per heavy atom. The third-order valence-corrected chi connectivity index (χ3v) is 6.55. The lowest BCUT2D eigenvalue weighted by Gasteiger charge is -2.13. The molecule has 2 fully saturated rings. The molecule has 0 aromatic carbocycles. The zero-order valence-corrected chi connectivity index (χ0v) is 22.9. The van der Waals surface area contributed by atoms with E-state index in [1.54, 1.807) is 10.6 Å². The molecule has 6 unspecified atom stereocenters. The van der Waals surface area contributed by atoms with Gasteiger partial charge >= 0.3 is 0 Å². The fraction of sp³-hybridized carbons (Fsp3) is 0.917. The van der Waals surface area contributed by atoms with Crippen molar-refractivity contribution in [2.24, 2.45) is 4.99 Å². The summed E-state index contributed by atoms with van der Waals surface area (Å²) < 4.78 is 31.7. The first-order valence-electron chi connectivity index (χ1n) is 8.29. The van der Waals surface area contributed by atoms with Crippen molar-refractivity contribution in [1.82, 2.24) is 9.74 Å². The summed E-state index contributed by atoms with van der Waals surface area (Å²) in [6.45, 7) is 3.88. The maximum Gasteiger partial charge on any atom is 0.124 e. The average molecular weight is 534 g/mol. The number of halogens is 1. The van der Waals surface area contributed by atoms with E-state index in [1.807, 2.05) is 0 Å². The molecule has 3 aliphatic rings. The van der Waals surface area contributed by atoms with Crippen molar-refractivity contribution in [3.63, 3.8) is 0 Å². The lowest BCUT2D eigenvalue weighted by atomic mass is 10.3. The monoisotopic (exact) mass is 533 g/mol. The van der Waals surface area contributed by atoms with Crippen molar-refractivity contribution < 1.29 is 27.1 Å². The molecule has 0 aliphatic carbocycles. The number of nitrogens with one attached hydrogen (secondary N) is 1. The van der Waals surface area contributed by atoms with Crippen molar-refractivity contribution in [3.8, 4) is 0 Å². The molecule has 2 saturated heterocycles. The van der Waals surface area contributed by atoms with Crippen LogP contribution in [0, 0.1) is 0 Å². The maximum absolute atomic E-state index is 5.71. The van der Waals surface area contributed by atoms with Gasteiger partial charge in [0.2, 0.25) is 0 Å². The highest BCUT2D eigenvalue weighted by Crippen LogP contribution is 2.21. The molecule has 3 heterocycles. The lowest BCUT2D eigenvalue weighted by molar-refractivity contribution is 0.124. The first-order valence-corrected chi connectivity index (χ1v) is 11.5. The Morgan fingerprint density at radius 3 is 1.57 bits per heavy atom. The zero-order valence-electron chi connectivity index (χ0n) is 15.3. The van der Waals surface area contributed by atoms with Gasteiger partial charge < -0.3 is 32.5 Å². The van der Waals surface area contributed by atoms with Crippen LogP contribution in [0.15, 0.2) is 4.99 Å². The Hall–Kier alpha value is 2.22. The van der Waals surface area contributed by atoms with Crippen LogP contribution in [-0.2, 0) is 27.1 Å². The minimum absolute atomic E-state index is 0.00694. The molecule has 0 aromatic rings. The summed E-state index contributed by atoms with van der Waals surface area (Å²) in [5.41, 5.74) is 0. The summed E-state index contributed by atoms with van der Waals surface area (Å²) in [6, 6.07) is 0. The predicted octanol–water partition coefficient (Wildman–Crippen LogP) is 1.17. The van der Waals surface area contributed by atoms with Gasteiger partial charge in [0.05, 0.1) is 6.54 Å². The Kier molecular flexibility index (Phi) is 16.9. The van der Waals surface area contributed by atoms with Crippen LogP contribution in [0.1, 0.15) is 0 Å². The molecule has 166 valence electrons. The second-order valence-electron chi connectivity index (χ2n) is 5.97. The van der Waals surface area contributed by atoms with Gasteiger partial charge in [0, 0.05) is 89.2 Å². The van der Waals surface area contributed by atoms with Crippen LogP contribution >= 0.6 is 68.6 Å². The molecule has 12 atom stereocenters. The summed E-state index contributed by atoms with van der Waals surface area (Å²) >= 11 is 5.71. The molecular formula is C12H30ClN3O6P6. The predicted molar refractivity (Wildman–Crippen MR) is 131 cm³/mol. The molecule has 0 saturated carbocycles. The van der Waals surface area contributed by atoms with E-state index < -0.39 is 0 Å². The number of hydrogen-bond acceptors (Lipinski definition) is 9. The van der Waals surface area contributed by atoms with Crippen molar-refractivity contribution in [2.45, 2.75) is 36.6 Å². The SMILES string of the molecule is PO[C@H]1C=NC[C@@H]1OP.PO[C@H]1CN(Cl)C[C@@H]1OP.PO[C@H]1CNC[C@@H]1OP. The molecule has 9 nitrogen and oxygen atoms in total. The van der Waals surface area contributed by atoms with Gasteiger partial charge in [0.25, 0.3) is 0 Å². The highest BCUT2D eigenvalue weighted by atomic mass is 35.5. The van der Waals surface area contributed by atoms with Crippen molar-refractivity contribution in [1.29, 1.82) is 0 Å². The number of aliphatic imine (C=N–C) groups is 1. The quantitative estimate of drug-likeness (QED) is 0.403. The van der Waals surface area contributed by atoms with Crippen LogP contribution in [0.25, 0.3) is 0 Å². The first kappa shape index (κ1) is 28.3. The smallest absolute Gasteiger partial charge is 0.124 e. The van der Waals surface area contributed by atoms with Gasteiger partial charge in [-0.05, 0) is 11.8 Å². The van der Waals surface area contributed by atoms with Crippen LogP contribution in [0.4, 0.5) is 0 Å². The van der Waals surface area contributed by atoms with Crippen LogP contribution < -0.4 is 5.32 Å². The second-order valence-corrected chi connectivity index (χ2v) is 8.08. The van der Waals surface area contributed by atoms with E-state index >= 15 is 0 Å². The number of rotatable bonds is 6. The normalized spacial score (nSPS) is 34.7. The lowest BCUT2D eigenvalue weighted by Crippen LogP contribution is -2.25. The standard InChI is InChI=1S/C4H10ClNO2P2.C4H11NO2P2.C4H9NO2P2/c5-6-1-3(7-9)4(2-6)8-10;2*8-6-3-1-5-2-4(3)7-9/h3-4H,1-2,9-10H2;3-5H,1-2,8-9H2;1,3-4H,2,8-9H2/t3*3-,4-/m000/s1. The van der Waals surface area contributed by atoms with Gasteiger partial charge in [-0.25, -0.2) is 4.42 Å². The fourth-order valence-electron chi connectivity index (χ4n) is 2.58. The summed E-state index contributed by atoms with van der Waals surface area (Å²) in [7, 11) is 13.3. The number of nitrogens with zero attached hydrogens (tertiary/aromatic N) is 2. The van der Waals surface area contributed by atoms with E-state index in [2.05, 4.69) is 67.1 Å². The van der Waals surface area contributed by atoms with Crippen molar-refractivity contribution in [2.75, 3.05) is 32.7 Å². The molecule has 3 rings (SSSR count). The van der Waals surface area contributed by atoms with Crippen LogP contribution in [0.5, 0.6) is 0 Å². The molecule has 3 aliphatic heterocycles. The molecule has 0 amide bonds. The van der Waals surface area contributed by atoms with Gasteiger partial charge in [-0.1, -0.05) is 0 Å². The molecule has 16 heteroatoms. The van der Waals surface area contributed by atoms with E-state index in [0.29, 0.717) is 19.6 Å². The van der Waals surface area contributed by atoms with Gasteiger partial charge in [-0.15, -0.1) is 0 Å². The highest BCUT2D eigenvalue weighted by molar-refractivity contribution is 7.10. The van der Waals surface area contributed by atoms with Crippen molar-refractivity contribution >= 4 is 74.8 Å². The Balaban J connectivity index is 0.000000210. The molecule has 0 bridgehead atoms. The Labute approximate surface area is 186 Å². The maximum atomic E-state index is 5.71. The Bertz CT molecular complexity index is 426.